The smallest absolute Gasteiger partial charge is 0.323 e. The number of nitrogens with zero attached hydrogens (tertiary/aromatic N) is 1. The fourth-order valence-corrected chi connectivity index (χ4v) is 3.72. The fraction of sp³-hybridized carbons (Fsp3) is 0.588. The van der Waals surface area contributed by atoms with Gasteiger partial charge in [-0.15, -0.1) is 0 Å². The van der Waals surface area contributed by atoms with Crippen LogP contribution in [0.25, 0.3) is 0 Å². The van der Waals surface area contributed by atoms with Crippen molar-refractivity contribution in [2.75, 3.05) is 6.54 Å². The molecular formula is C17H25NO3. The van der Waals surface area contributed by atoms with Gasteiger partial charge in [0.25, 0.3) is 0 Å². The summed E-state index contributed by atoms with van der Waals surface area (Å²) in [5.74, 6) is -0.224. The number of phenolic OH excluding ortho intramolecular Hbond substituents is 1. The standard InChI is InChI=1S/C17H25NO3/c1-6-18(17(4,5)16(20)21)12-9-11(3)14-10(2)7-8-13(19)15(12)14/h7-8,11-12,19H,6,9H2,1-5H3,(H,20,21). The van der Waals surface area contributed by atoms with Crippen molar-refractivity contribution in [3.63, 3.8) is 0 Å². The molecule has 0 aromatic heterocycles. The van der Waals surface area contributed by atoms with Gasteiger partial charge in [-0.3, -0.25) is 9.69 Å². The molecule has 116 valence electrons. The van der Waals surface area contributed by atoms with Crippen LogP contribution < -0.4 is 0 Å². The first kappa shape index (κ1) is 15.8. The van der Waals surface area contributed by atoms with Gasteiger partial charge in [0.2, 0.25) is 0 Å². The van der Waals surface area contributed by atoms with Crippen LogP contribution in [0, 0.1) is 6.92 Å². The maximum Gasteiger partial charge on any atom is 0.323 e. The Morgan fingerprint density at radius 1 is 1.38 bits per heavy atom. The van der Waals surface area contributed by atoms with Gasteiger partial charge < -0.3 is 10.2 Å². The van der Waals surface area contributed by atoms with Crippen LogP contribution in [0.5, 0.6) is 5.75 Å². The first-order valence-corrected chi connectivity index (χ1v) is 7.54. The number of phenols is 1. The minimum Gasteiger partial charge on any atom is -0.508 e. The molecule has 1 aliphatic rings. The zero-order valence-corrected chi connectivity index (χ0v) is 13.5. The molecule has 21 heavy (non-hydrogen) atoms. The van der Waals surface area contributed by atoms with Crippen LogP contribution in [0.1, 0.15) is 62.8 Å². The first-order chi connectivity index (χ1) is 9.71. The van der Waals surface area contributed by atoms with E-state index in [1.54, 1.807) is 19.9 Å². The molecule has 1 aliphatic carbocycles. The van der Waals surface area contributed by atoms with E-state index in [9.17, 15) is 15.0 Å². The highest BCUT2D eigenvalue weighted by molar-refractivity contribution is 5.77. The molecule has 0 saturated carbocycles. The number of likely N-dealkylation sites (N-methyl/N-ethyl adjacent to an activating group) is 1. The number of carboxylic acid groups (broad SMARTS) is 1. The summed E-state index contributed by atoms with van der Waals surface area (Å²) >= 11 is 0. The van der Waals surface area contributed by atoms with Crippen molar-refractivity contribution in [2.24, 2.45) is 0 Å². The van der Waals surface area contributed by atoms with E-state index < -0.39 is 11.5 Å². The third-order valence-corrected chi connectivity index (χ3v) is 4.84. The Kier molecular flexibility index (Phi) is 4.02. The normalized spacial score (nSPS) is 21.6. The Morgan fingerprint density at radius 3 is 2.52 bits per heavy atom. The molecule has 2 N–H and O–H groups in total. The van der Waals surface area contributed by atoms with Crippen molar-refractivity contribution in [1.82, 2.24) is 4.90 Å². The highest BCUT2D eigenvalue weighted by Crippen LogP contribution is 2.50. The number of benzene rings is 1. The van der Waals surface area contributed by atoms with Gasteiger partial charge in [-0.25, -0.2) is 0 Å². The van der Waals surface area contributed by atoms with Gasteiger partial charge in [0, 0.05) is 11.6 Å². The molecule has 0 aliphatic heterocycles. The van der Waals surface area contributed by atoms with Gasteiger partial charge in [-0.2, -0.15) is 0 Å². The maximum atomic E-state index is 11.6. The van der Waals surface area contributed by atoms with Crippen LogP contribution >= 0.6 is 0 Å². The number of rotatable bonds is 4. The molecule has 2 unspecified atom stereocenters. The molecule has 4 heteroatoms. The predicted molar refractivity (Wildman–Crippen MR) is 82.7 cm³/mol. The molecule has 0 amide bonds. The summed E-state index contributed by atoms with van der Waals surface area (Å²) in [5.41, 5.74) is 2.30. The average Bonchev–Trinajstić information content (AvgIpc) is 2.73. The summed E-state index contributed by atoms with van der Waals surface area (Å²) in [6.45, 7) is 10.3. The first-order valence-electron chi connectivity index (χ1n) is 7.54. The minimum atomic E-state index is -0.961. The van der Waals surface area contributed by atoms with Crippen LogP contribution in [0.4, 0.5) is 0 Å². The second kappa shape index (κ2) is 5.34. The van der Waals surface area contributed by atoms with Crippen LogP contribution in [-0.4, -0.2) is 33.2 Å². The van der Waals surface area contributed by atoms with Crippen molar-refractivity contribution in [2.45, 2.75) is 58.5 Å². The van der Waals surface area contributed by atoms with Crippen LogP contribution in [0.2, 0.25) is 0 Å². The lowest BCUT2D eigenvalue weighted by Gasteiger charge is -2.39. The molecule has 0 saturated heterocycles. The zero-order valence-electron chi connectivity index (χ0n) is 13.5. The zero-order chi connectivity index (χ0) is 15.9. The predicted octanol–water partition coefficient (Wildman–Crippen LogP) is 3.43. The van der Waals surface area contributed by atoms with E-state index in [0.717, 1.165) is 12.0 Å². The quantitative estimate of drug-likeness (QED) is 0.892. The molecule has 0 radical (unpaired) electrons. The summed E-state index contributed by atoms with van der Waals surface area (Å²) < 4.78 is 0. The summed E-state index contributed by atoms with van der Waals surface area (Å²) in [6.07, 6.45) is 0.846. The maximum absolute atomic E-state index is 11.6. The van der Waals surface area contributed by atoms with E-state index in [1.807, 2.05) is 17.9 Å². The number of aliphatic carboxylic acids is 1. The molecule has 2 atom stereocenters. The van der Waals surface area contributed by atoms with Crippen molar-refractivity contribution < 1.29 is 15.0 Å². The second-order valence-corrected chi connectivity index (χ2v) is 6.53. The highest BCUT2D eigenvalue weighted by atomic mass is 16.4. The van der Waals surface area contributed by atoms with Gasteiger partial charge >= 0.3 is 5.97 Å². The summed E-state index contributed by atoms with van der Waals surface area (Å²) in [6, 6.07) is 3.61. The number of carboxylic acids is 1. The van der Waals surface area contributed by atoms with E-state index in [1.165, 1.54) is 11.1 Å². The highest BCUT2D eigenvalue weighted by Gasteiger charge is 2.43. The molecule has 1 aromatic rings. The molecule has 0 spiro atoms. The third kappa shape index (κ3) is 2.42. The lowest BCUT2D eigenvalue weighted by Crippen LogP contribution is -2.51. The van der Waals surface area contributed by atoms with Gasteiger partial charge in [-0.1, -0.05) is 19.9 Å². The number of hydrogen-bond acceptors (Lipinski definition) is 3. The Bertz CT molecular complexity index is 565. The van der Waals surface area contributed by atoms with Crippen molar-refractivity contribution in [1.29, 1.82) is 0 Å². The van der Waals surface area contributed by atoms with Crippen LogP contribution in [-0.2, 0) is 4.79 Å². The Labute approximate surface area is 126 Å². The lowest BCUT2D eigenvalue weighted by molar-refractivity contribution is -0.151. The topological polar surface area (TPSA) is 60.8 Å². The molecule has 0 bridgehead atoms. The molecule has 2 rings (SSSR count). The van der Waals surface area contributed by atoms with Gasteiger partial charge in [-0.05, 0) is 56.8 Å². The number of fused-ring (bicyclic) bond motifs is 1. The summed E-state index contributed by atoms with van der Waals surface area (Å²) in [5, 5.41) is 19.9. The monoisotopic (exact) mass is 291 g/mol. The molecule has 0 heterocycles. The van der Waals surface area contributed by atoms with E-state index in [2.05, 4.69) is 13.8 Å². The molecule has 4 nitrogen and oxygen atoms in total. The largest absolute Gasteiger partial charge is 0.508 e. The van der Waals surface area contributed by atoms with Crippen LogP contribution in [0.3, 0.4) is 0 Å². The van der Waals surface area contributed by atoms with Gasteiger partial charge in [0.05, 0.1) is 0 Å². The summed E-state index contributed by atoms with van der Waals surface area (Å²) in [4.78, 5) is 13.6. The van der Waals surface area contributed by atoms with Crippen molar-refractivity contribution >= 4 is 5.97 Å². The van der Waals surface area contributed by atoms with Crippen molar-refractivity contribution in [3.05, 3.63) is 28.8 Å². The molecular weight excluding hydrogens is 266 g/mol. The number of carbonyl (C=O) groups is 1. The van der Waals surface area contributed by atoms with Crippen LogP contribution in [0.15, 0.2) is 12.1 Å². The average molecular weight is 291 g/mol. The second-order valence-electron chi connectivity index (χ2n) is 6.53. The van der Waals surface area contributed by atoms with Crippen molar-refractivity contribution in [3.8, 4) is 5.75 Å². The number of hydrogen-bond donors (Lipinski definition) is 2. The SMILES string of the molecule is CCN(C1CC(C)c2c(C)ccc(O)c21)C(C)(C)C(=O)O. The minimum absolute atomic E-state index is 0.0500. The molecule has 0 fully saturated rings. The Morgan fingerprint density at radius 2 is 2.00 bits per heavy atom. The Balaban J connectivity index is 2.54. The summed E-state index contributed by atoms with van der Waals surface area (Å²) in [7, 11) is 0. The Hall–Kier alpha value is -1.55. The van der Waals surface area contributed by atoms with Gasteiger partial charge in [0.15, 0.2) is 0 Å². The van der Waals surface area contributed by atoms with E-state index in [4.69, 9.17) is 0 Å². The lowest BCUT2D eigenvalue weighted by atomic mass is 9.95. The molecule has 1 aromatic carbocycles. The van der Waals surface area contributed by atoms with E-state index >= 15 is 0 Å². The van der Waals surface area contributed by atoms with E-state index in [-0.39, 0.29) is 11.8 Å². The number of aromatic hydroxyl groups is 1. The fourth-order valence-electron chi connectivity index (χ4n) is 3.72. The number of aryl methyl sites for hydroxylation is 1. The third-order valence-electron chi connectivity index (χ3n) is 4.84. The van der Waals surface area contributed by atoms with Gasteiger partial charge in [0.1, 0.15) is 11.3 Å². The van der Waals surface area contributed by atoms with E-state index in [0.29, 0.717) is 12.5 Å².